The number of carbonyl (C=O) groups excluding carboxylic acids is 1. The highest BCUT2D eigenvalue weighted by Gasteiger charge is 2.30. The van der Waals surface area contributed by atoms with Gasteiger partial charge in [-0.05, 0) is 55.9 Å². The van der Waals surface area contributed by atoms with Crippen molar-refractivity contribution in [3.63, 3.8) is 0 Å². The second kappa shape index (κ2) is 7.68. The molecular formula is C21H24N2O2S2. The summed E-state index contributed by atoms with van der Waals surface area (Å²) in [5.74, 6) is 0.247. The molecule has 2 aromatic carbocycles. The highest BCUT2D eigenvalue weighted by Crippen LogP contribution is 2.43. The fourth-order valence-electron chi connectivity index (χ4n) is 4.00. The zero-order valence-electron chi connectivity index (χ0n) is 15.7. The lowest BCUT2D eigenvalue weighted by molar-refractivity contribution is -0.134. The van der Waals surface area contributed by atoms with Gasteiger partial charge in [0, 0.05) is 31.0 Å². The molecular weight excluding hydrogens is 376 g/mol. The highest BCUT2D eigenvalue weighted by atomic mass is 32.2. The Labute approximate surface area is 167 Å². The van der Waals surface area contributed by atoms with Crippen LogP contribution in [0.1, 0.15) is 25.7 Å². The quantitative estimate of drug-likeness (QED) is 0.712. The summed E-state index contributed by atoms with van der Waals surface area (Å²) in [6, 6.07) is 14.4. The average molecular weight is 401 g/mol. The van der Waals surface area contributed by atoms with Crippen molar-refractivity contribution >= 4 is 39.8 Å². The summed E-state index contributed by atoms with van der Waals surface area (Å²) < 4.78 is 13.1. The van der Waals surface area contributed by atoms with Crippen LogP contribution in [0.2, 0.25) is 0 Å². The van der Waals surface area contributed by atoms with Crippen LogP contribution in [0.3, 0.4) is 0 Å². The molecule has 27 heavy (non-hydrogen) atoms. The third-order valence-corrected chi connectivity index (χ3v) is 7.78. The van der Waals surface area contributed by atoms with E-state index in [0.717, 1.165) is 47.0 Å². The maximum absolute atomic E-state index is 13.1. The van der Waals surface area contributed by atoms with Crippen LogP contribution in [0.25, 0.3) is 0 Å². The zero-order chi connectivity index (χ0) is 19.0. The summed E-state index contributed by atoms with van der Waals surface area (Å²) in [4.78, 5) is 19.2. The fourth-order valence-corrected chi connectivity index (χ4v) is 5.79. The molecule has 2 aromatic rings. The Balaban J connectivity index is 1.68. The van der Waals surface area contributed by atoms with Crippen LogP contribution in [-0.4, -0.2) is 40.9 Å². The number of anilines is 2. The predicted octanol–water partition coefficient (Wildman–Crippen LogP) is 4.43. The molecule has 1 fully saturated rings. The van der Waals surface area contributed by atoms with Crippen molar-refractivity contribution < 1.29 is 9.00 Å². The van der Waals surface area contributed by atoms with Gasteiger partial charge in [0.2, 0.25) is 5.91 Å². The molecule has 0 aliphatic carbocycles. The second-order valence-corrected chi connectivity index (χ2v) is 9.36. The van der Waals surface area contributed by atoms with E-state index < -0.39 is 10.8 Å². The number of carbonyl (C=O) groups is 1. The minimum absolute atomic E-state index is 0.247. The van der Waals surface area contributed by atoms with Crippen molar-refractivity contribution in [2.45, 2.75) is 46.4 Å². The van der Waals surface area contributed by atoms with Crippen LogP contribution in [0.5, 0.6) is 0 Å². The van der Waals surface area contributed by atoms with Gasteiger partial charge in [0.05, 0.1) is 32.0 Å². The van der Waals surface area contributed by atoms with Crippen molar-refractivity contribution in [2.75, 3.05) is 24.7 Å². The van der Waals surface area contributed by atoms with E-state index >= 15 is 0 Å². The van der Waals surface area contributed by atoms with E-state index in [1.165, 1.54) is 4.90 Å². The Morgan fingerprint density at radius 1 is 1.15 bits per heavy atom. The van der Waals surface area contributed by atoms with E-state index in [1.54, 1.807) is 11.8 Å². The molecule has 2 atom stereocenters. The SMILES string of the molecule is CSc1ccc2c(c1)N(CCC1CCCC(=O)N1C)c1ccccc1S2=O. The number of rotatable bonds is 4. The molecule has 4 nitrogen and oxygen atoms in total. The fraction of sp³-hybridized carbons (Fsp3) is 0.381. The molecule has 1 amide bonds. The lowest BCUT2D eigenvalue weighted by atomic mass is 9.99. The lowest BCUT2D eigenvalue weighted by Gasteiger charge is -2.37. The van der Waals surface area contributed by atoms with Crippen LogP contribution < -0.4 is 4.90 Å². The van der Waals surface area contributed by atoms with Gasteiger partial charge < -0.3 is 9.80 Å². The number of nitrogens with zero attached hydrogens (tertiary/aromatic N) is 2. The van der Waals surface area contributed by atoms with Gasteiger partial charge >= 0.3 is 0 Å². The van der Waals surface area contributed by atoms with Crippen molar-refractivity contribution in [1.29, 1.82) is 0 Å². The Kier molecular flexibility index (Phi) is 5.28. The molecule has 0 N–H and O–H groups in total. The first kappa shape index (κ1) is 18.6. The van der Waals surface area contributed by atoms with Gasteiger partial charge in [0.15, 0.2) is 0 Å². The maximum atomic E-state index is 13.1. The molecule has 0 bridgehead atoms. The molecule has 2 aliphatic rings. The van der Waals surface area contributed by atoms with E-state index in [4.69, 9.17) is 0 Å². The molecule has 2 aliphatic heterocycles. The summed E-state index contributed by atoms with van der Waals surface area (Å²) in [5.41, 5.74) is 2.05. The van der Waals surface area contributed by atoms with Gasteiger partial charge in [0.25, 0.3) is 0 Å². The van der Waals surface area contributed by atoms with Gasteiger partial charge in [-0.15, -0.1) is 11.8 Å². The van der Waals surface area contributed by atoms with Crippen LogP contribution in [-0.2, 0) is 15.6 Å². The number of likely N-dealkylation sites (tertiary alicyclic amines) is 1. The van der Waals surface area contributed by atoms with E-state index in [9.17, 15) is 9.00 Å². The maximum Gasteiger partial charge on any atom is 0.222 e. The number of hydrogen-bond donors (Lipinski definition) is 0. The van der Waals surface area contributed by atoms with Crippen LogP contribution in [0.4, 0.5) is 11.4 Å². The molecule has 6 heteroatoms. The smallest absolute Gasteiger partial charge is 0.222 e. The van der Waals surface area contributed by atoms with E-state index in [0.29, 0.717) is 6.42 Å². The van der Waals surface area contributed by atoms with Crippen LogP contribution in [0, 0.1) is 0 Å². The summed E-state index contributed by atoms with van der Waals surface area (Å²) >= 11 is 1.69. The Morgan fingerprint density at radius 3 is 2.74 bits per heavy atom. The molecule has 0 spiro atoms. The first-order valence-electron chi connectivity index (χ1n) is 9.32. The number of fused-ring (bicyclic) bond motifs is 2. The summed E-state index contributed by atoms with van der Waals surface area (Å²) in [5, 5.41) is 0. The summed E-state index contributed by atoms with van der Waals surface area (Å²) in [7, 11) is 0.764. The van der Waals surface area contributed by atoms with Crippen molar-refractivity contribution in [1.82, 2.24) is 4.90 Å². The minimum atomic E-state index is -1.16. The Bertz CT molecular complexity index is 900. The van der Waals surface area contributed by atoms with Crippen molar-refractivity contribution in [3.8, 4) is 0 Å². The van der Waals surface area contributed by atoms with Crippen molar-refractivity contribution in [3.05, 3.63) is 42.5 Å². The largest absolute Gasteiger partial charge is 0.343 e. The van der Waals surface area contributed by atoms with Gasteiger partial charge in [0.1, 0.15) is 0 Å². The van der Waals surface area contributed by atoms with E-state index in [-0.39, 0.29) is 11.9 Å². The van der Waals surface area contributed by atoms with E-state index in [1.807, 2.05) is 42.3 Å². The monoisotopic (exact) mass is 400 g/mol. The summed E-state index contributed by atoms with van der Waals surface area (Å²) in [6.07, 6.45) is 5.66. The molecule has 142 valence electrons. The van der Waals surface area contributed by atoms with Gasteiger partial charge in [-0.1, -0.05) is 12.1 Å². The molecule has 0 radical (unpaired) electrons. The number of para-hydroxylation sites is 1. The first-order valence-corrected chi connectivity index (χ1v) is 11.7. The highest BCUT2D eigenvalue weighted by molar-refractivity contribution is 7.98. The standard InChI is InChI=1S/C21H24N2O2S2/c1-22-15(6-5-9-21(22)24)12-13-23-17-7-3-4-8-19(17)27(25)20-11-10-16(26-2)14-18(20)23/h3-4,7-8,10-11,14-15H,5-6,9,12-13H2,1-2H3. The Hall–Kier alpha value is -1.79. The number of piperidine rings is 1. The van der Waals surface area contributed by atoms with Crippen LogP contribution in [0.15, 0.2) is 57.2 Å². The van der Waals surface area contributed by atoms with Crippen molar-refractivity contribution in [2.24, 2.45) is 0 Å². The molecule has 2 heterocycles. The molecule has 0 saturated carbocycles. The topological polar surface area (TPSA) is 40.6 Å². The van der Waals surface area contributed by atoms with E-state index in [2.05, 4.69) is 23.3 Å². The third-order valence-electron chi connectivity index (χ3n) is 5.57. The average Bonchev–Trinajstić information content (AvgIpc) is 2.70. The normalized spacial score (nSPS) is 21.8. The van der Waals surface area contributed by atoms with Gasteiger partial charge in [-0.25, -0.2) is 4.21 Å². The molecule has 0 aromatic heterocycles. The summed E-state index contributed by atoms with van der Waals surface area (Å²) in [6.45, 7) is 0.807. The number of benzene rings is 2. The molecule has 1 saturated heterocycles. The van der Waals surface area contributed by atoms with Gasteiger partial charge in [-0.3, -0.25) is 4.79 Å². The number of hydrogen-bond acceptors (Lipinski definition) is 4. The number of amides is 1. The zero-order valence-corrected chi connectivity index (χ0v) is 17.3. The minimum Gasteiger partial charge on any atom is -0.343 e. The molecule has 4 rings (SSSR count). The second-order valence-electron chi connectivity index (χ2n) is 7.06. The van der Waals surface area contributed by atoms with Crippen LogP contribution >= 0.6 is 11.8 Å². The molecule has 2 unspecified atom stereocenters. The first-order chi connectivity index (χ1) is 13.1. The van der Waals surface area contributed by atoms with Gasteiger partial charge in [-0.2, -0.15) is 0 Å². The lowest BCUT2D eigenvalue weighted by Crippen LogP contribution is -2.42. The predicted molar refractivity (Wildman–Crippen MR) is 111 cm³/mol. The number of thioether (sulfide) groups is 1. The third kappa shape index (κ3) is 3.41. The Morgan fingerprint density at radius 2 is 1.93 bits per heavy atom.